The average molecular weight is 236 g/mol. The van der Waals surface area contributed by atoms with Crippen LogP contribution in [0.15, 0.2) is 18.2 Å². The first kappa shape index (κ1) is 11.0. The summed E-state index contributed by atoms with van der Waals surface area (Å²) in [5, 5.41) is 15.4. The quantitative estimate of drug-likeness (QED) is 0.642. The normalized spacial score (nSPS) is 10.2. The number of rotatable bonds is 3. The van der Waals surface area contributed by atoms with Gasteiger partial charge in [0.25, 0.3) is 5.91 Å². The minimum Gasteiger partial charge on any atom is -0.399 e. The van der Waals surface area contributed by atoms with Gasteiger partial charge in [-0.25, -0.2) is 4.39 Å². The molecule has 7 nitrogen and oxygen atoms in total. The molecule has 0 bridgehead atoms. The summed E-state index contributed by atoms with van der Waals surface area (Å²) in [4.78, 5) is 11.6. The Balaban J connectivity index is 2.04. The molecule has 2 aromatic rings. The van der Waals surface area contributed by atoms with Gasteiger partial charge in [0.1, 0.15) is 5.82 Å². The van der Waals surface area contributed by atoms with Gasteiger partial charge in [-0.2, -0.15) is 5.21 Å². The lowest BCUT2D eigenvalue weighted by molar-refractivity contribution is 0.0949. The van der Waals surface area contributed by atoms with Crippen LogP contribution >= 0.6 is 0 Å². The van der Waals surface area contributed by atoms with Crippen molar-refractivity contribution in [2.75, 3.05) is 5.73 Å². The van der Waals surface area contributed by atoms with Crippen LogP contribution in [0.2, 0.25) is 0 Å². The van der Waals surface area contributed by atoms with Crippen molar-refractivity contribution in [3.63, 3.8) is 0 Å². The fraction of sp³-hybridized carbons (Fsp3) is 0.111. The highest BCUT2D eigenvalue weighted by molar-refractivity contribution is 5.94. The highest BCUT2D eigenvalue weighted by Crippen LogP contribution is 2.10. The first-order chi connectivity index (χ1) is 8.15. The van der Waals surface area contributed by atoms with Crippen molar-refractivity contribution in [2.24, 2.45) is 0 Å². The van der Waals surface area contributed by atoms with Gasteiger partial charge >= 0.3 is 0 Å². The molecule has 2 rings (SSSR count). The van der Waals surface area contributed by atoms with Crippen LogP contribution in [0.4, 0.5) is 10.1 Å². The van der Waals surface area contributed by atoms with Crippen LogP contribution in [0.5, 0.6) is 0 Å². The van der Waals surface area contributed by atoms with Gasteiger partial charge in [0.2, 0.25) is 0 Å². The number of aromatic nitrogens is 4. The zero-order valence-electron chi connectivity index (χ0n) is 8.64. The second-order valence-corrected chi connectivity index (χ2v) is 3.28. The number of nitrogen functional groups attached to an aromatic ring is 1. The Hall–Kier alpha value is -2.51. The van der Waals surface area contributed by atoms with E-state index in [0.717, 1.165) is 12.1 Å². The summed E-state index contributed by atoms with van der Waals surface area (Å²) in [5.41, 5.74) is 5.76. The van der Waals surface area contributed by atoms with E-state index in [4.69, 9.17) is 5.73 Å². The smallest absolute Gasteiger partial charge is 0.251 e. The molecule has 0 saturated carbocycles. The fourth-order valence-electron chi connectivity index (χ4n) is 1.26. The molecule has 1 amide bonds. The Morgan fingerprint density at radius 1 is 1.47 bits per heavy atom. The molecule has 0 spiro atoms. The SMILES string of the molecule is Nc1cc(F)cc(C(=O)NCc2nn[nH]n2)c1. The van der Waals surface area contributed by atoms with Crippen molar-refractivity contribution in [2.45, 2.75) is 6.54 Å². The third-order valence-electron chi connectivity index (χ3n) is 1.98. The molecular weight excluding hydrogens is 227 g/mol. The summed E-state index contributed by atoms with van der Waals surface area (Å²) < 4.78 is 13.0. The first-order valence-electron chi connectivity index (χ1n) is 4.72. The first-order valence-corrected chi connectivity index (χ1v) is 4.72. The number of carbonyl (C=O) groups excluding carboxylic acids is 1. The van der Waals surface area contributed by atoms with Gasteiger partial charge in [-0.05, 0) is 18.2 Å². The Morgan fingerprint density at radius 2 is 2.29 bits per heavy atom. The molecule has 4 N–H and O–H groups in total. The number of tetrazole rings is 1. The standard InChI is InChI=1S/C9H9FN6O/c10-6-1-5(2-7(11)3-6)9(17)12-4-8-13-15-16-14-8/h1-3H,4,11H2,(H,12,17)(H,13,14,15,16). The van der Waals surface area contributed by atoms with Crippen LogP contribution in [0.1, 0.15) is 16.2 Å². The van der Waals surface area contributed by atoms with Gasteiger partial charge in [0.05, 0.1) is 6.54 Å². The number of hydrogen-bond donors (Lipinski definition) is 3. The largest absolute Gasteiger partial charge is 0.399 e. The number of H-pyrrole nitrogens is 1. The Labute approximate surface area is 95.2 Å². The van der Waals surface area contributed by atoms with E-state index in [1.165, 1.54) is 6.07 Å². The summed E-state index contributed by atoms with van der Waals surface area (Å²) in [6.45, 7) is 0.103. The molecule has 88 valence electrons. The van der Waals surface area contributed by atoms with Crippen molar-refractivity contribution in [1.82, 2.24) is 25.9 Å². The maximum atomic E-state index is 13.0. The maximum Gasteiger partial charge on any atom is 0.251 e. The van der Waals surface area contributed by atoms with Gasteiger partial charge in [-0.15, -0.1) is 10.2 Å². The Bertz CT molecular complexity index is 506. The average Bonchev–Trinajstić information content (AvgIpc) is 2.77. The van der Waals surface area contributed by atoms with E-state index in [-0.39, 0.29) is 17.8 Å². The third-order valence-corrected chi connectivity index (χ3v) is 1.98. The second-order valence-electron chi connectivity index (χ2n) is 3.28. The van der Waals surface area contributed by atoms with Crippen LogP contribution in [0, 0.1) is 5.82 Å². The highest BCUT2D eigenvalue weighted by atomic mass is 19.1. The number of carbonyl (C=O) groups is 1. The van der Waals surface area contributed by atoms with E-state index in [1.807, 2.05) is 0 Å². The summed E-state index contributed by atoms with van der Waals surface area (Å²) in [6.07, 6.45) is 0. The van der Waals surface area contributed by atoms with Crippen LogP contribution in [0.25, 0.3) is 0 Å². The van der Waals surface area contributed by atoms with Crippen molar-refractivity contribution in [3.05, 3.63) is 35.4 Å². The lowest BCUT2D eigenvalue weighted by Gasteiger charge is -2.03. The topological polar surface area (TPSA) is 110 Å². The number of nitrogens with zero attached hydrogens (tertiary/aromatic N) is 3. The number of nitrogens with two attached hydrogens (primary N) is 1. The fourth-order valence-corrected chi connectivity index (χ4v) is 1.26. The number of aromatic amines is 1. The van der Waals surface area contributed by atoms with E-state index in [2.05, 4.69) is 25.9 Å². The zero-order chi connectivity index (χ0) is 12.3. The van der Waals surface area contributed by atoms with Gasteiger partial charge in [-0.1, -0.05) is 5.21 Å². The number of halogens is 1. The molecule has 1 aromatic carbocycles. The Kier molecular flexibility index (Phi) is 2.95. The molecular formula is C9H9FN6O. The van der Waals surface area contributed by atoms with Crippen LogP contribution in [-0.4, -0.2) is 26.5 Å². The van der Waals surface area contributed by atoms with Crippen molar-refractivity contribution >= 4 is 11.6 Å². The minimum absolute atomic E-state index is 0.103. The van der Waals surface area contributed by atoms with Crippen molar-refractivity contribution < 1.29 is 9.18 Å². The van der Waals surface area contributed by atoms with Gasteiger partial charge in [0, 0.05) is 11.3 Å². The molecule has 0 unspecified atom stereocenters. The van der Waals surface area contributed by atoms with Gasteiger partial charge in [-0.3, -0.25) is 4.79 Å². The molecule has 0 atom stereocenters. The summed E-state index contributed by atoms with van der Waals surface area (Å²) in [5.74, 6) is -0.682. The molecule has 1 heterocycles. The predicted molar refractivity (Wildman–Crippen MR) is 56.2 cm³/mol. The minimum atomic E-state index is -0.560. The van der Waals surface area contributed by atoms with E-state index in [0.29, 0.717) is 5.82 Å². The molecule has 0 fully saturated rings. The molecule has 0 aliphatic carbocycles. The summed E-state index contributed by atoms with van der Waals surface area (Å²) >= 11 is 0. The highest BCUT2D eigenvalue weighted by Gasteiger charge is 2.08. The van der Waals surface area contributed by atoms with E-state index in [9.17, 15) is 9.18 Å². The monoisotopic (exact) mass is 236 g/mol. The van der Waals surface area contributed by atoms with E-state index < -0.39 is 11.7 Å². The predicted octanol–water partition coefficient (Wildman–Crippen LogP) is -0.149. The lowest BCUT2D eigenvalue weighted by atomic mass is 10.2. The number of hydrogen-bond acceptors (Lipinski definition) is 5. The van der Waals surface area contributed by atoms with Crippen LogP contribution in [-0.2, 0) is 6.54 Å². The number of nitrogens with one attached hydrogen (secondary N) is 2. The molecule has 0 aliphatic heterocycles. The lowest BCUT2D eigenvalue weighted by Crippen LogP contribution is -2.23. The number of anilines is 1. The van der Waals surface area contributed by atoms with Gasteiger partial charge in [0.15, 0.2) is 5.82 Å². The van der Waals surface area contributed by atoms with Gasteiger partial charge < -0.3 is 11.1 Å². The summed E-state index contributed by atoms with van der Waals surface area (Å²) in [6, 6.07) is 3.62. The van der Waals surface area contributed by atoms with Crippen LogP contribution < -0.4 is 11.1 Å². The number of benzene rings is 1. The molecule has 1 aromatic heterocycles. The third kappa shape index (κ3) is 2.74. The maximum absolute atomic E-state index is 13.0. The van der Waals surface area contributed by atoms with Crippen LogP contribution in [0.3, 0.4) is 0 Å². The zero-order valence-corrected chi connectivity index (χ0v) is 8.64. The van der Waals surface area contributed by atoms with E-state index in [1.54, 1.807) is 0 Å². The Morgan fingerprint density at radius 3 is 2.94 bits per heavy atom. The summed E-state index contributed by atoms with van der Waals surface area (Å²) in [7, 11) is 0. The second kappa shape index (κ2) is 4.56. The molecule has 0 saturated heterocycles. The molecule has 17 heavy (non-hydrogen) atoms. The van der Waals surface area contributed by atoms with E-state index >= 15 is 0 Å². The molecule has 0 aliphatic rings. The molecule has 0 radical (unpaired) electrons. The molecule has 8 heteroatoms. The van der Waals surface area contributed by atoms with Crippen molar-refractivity contribution in [1.29, 1.82) is 0 Å². The van der Waals surface area contributed by atoms with Crippen molar-refractivity contribution in [3.8, 4) is 0 Å². The number of amides is 1.